The number of ketones is 2. The molecule has 0 aromatic heterocycles. The van der Waals surface area contributed by atoms with Crippen LogP contribution in [0.2, 0.25) is 0 Å². The molecule has 2 aliphatic carbocycles. The van der Waals surface area contributed by atoms with Crippen LogP contribution < -0.4 is 10.9 Å². The normalized spacial score (nSPS) is 27.1. The molecule has 0 saturated heterocycles. The molecule has 0 aliphatic heterocycles. The van der Waals surface area contributed by atoms with Crippen LogP contribution in [0.3, 0.4) is 0 Å². The SMILES string of the molecule is CCCC(C)(C)CC[C@](C)(CCC(=O)NNC(C)=O)CCC(C)(C)[C@]1(C)CC[C@H]2C(C)(C)C(=O)C(C#N)=C[C@]2(C)/C1=C/C(C)=O. The molecule has 0 spiro atoms. The molecule has 7 nitrogen and oxygen atoms in total. The molecule has 2 aliphatic rings. The Morgan fingerprint density at radius 3 is 2.09 bits per heavy atom. The van der Waals surface area contributed by atoms with Crippen LogP contribution in [-0.4, -0.2) is 23.4 Å². The molecule has 45 heavy (non-hydrogen) atoms. The lowest BCUT2D eigenvalue weighted by Crippen LogP contribution is -2.55. The van der Waals surface area contributed by atoms with Crippen molar-refractivity contribution in [1.29, 1.82) is 5.26 Å². The largest absolute Gasteiger partial charge is 0.295 e. The molecule has 0 bridgehead atoms. The van der Waals surface area contributed by atoms with Crippen molar-refractivity contribution in [1.82, 2.24) is 10.9 Å². The maximum absolute atomic E-state index is 13.3. The Morgan fingerprint density at radius 1 is 0.956 bits per heavy atom. The fraction of sp³-hybridized carbons (Fsp3) is 0.763. The first-order valence-electron chi connectivity index (χ1n) is 17.0. The summed E-state index contributed by atoms with van der Waals surface area (Å²) in [4.78, 5) is 50.1. The van der Waals surface area contributed by atoms with Crippen LogP contribution in [0.4, 0.5) is 0 Å². The van der Waals surface area contributed by atoms with Gasteiger partial charge in [0.1, 0.15) is 6.07 Å². The zero-order chi connectivity index (χ0) is 34.6. The second-order valence-corrected chi connectivity index (χ2v) is 16.9. The number of allylic oxidation sites excluding steroid dienone is 4. The molecule has 252 valence electrons. The van der Waals surface area contributed by atoms with E-state index in [-0.39, 0.29) is 56.5 Å². The lowest BCUT2D eigenvalue weighted by atomic mass is 9.42. The van der Waals surface area contributed by atoms with Gasteiger partial charge in [-0.2, -0.15) is 5.26 Å². The third-order valence-corrected chi connectivity index (χ3v) is 12.0. The van der Waals surface area contributed by atoms with Crippen molar-refractivity contribution in [3.05, 3.63) is 23.3 Å². The maximum Gasteiger partial charge on any atom is 0.238 e. The van der Waals surface area contributed by atoms with E-state index in [2.05, 4.69) is 72.3 Å². The van der Waals surface area contributed by atoms with Gasteiger partial charge in [0.05, 0.1) is 5.57 Å². The highest BCUT2D eigenvalue weighted by atomic mass is 16.2. The molecule has 4 atom stereocenters. The van der Waals surface area contributed by atoms with Gasteiger partial charge in [0.2, 0.25) is 11.8 Å². The Morgan fingerprint density at radius 2 is 1.56 bits per heavy atom. The third kappa shape index (κ3) is 8.54. The lowest BCUT2D eigenvalue weighted by molar-refractivity contribution is -0.131. The van der Waals surface area contributed by atoms with E-state index >= 15 is 0 Å². The minimum Gasteiger partial charge on any atom is -0.295 e. The van der Waals surface area contributed by atoms with E-state index in [9.17, 15) is 24.4 Å². The van der Waals surface area contributed by atoms with Crippen LogP contribution in [0.25, 0.3) is 0 Å². The molecule has 7 heteroatoms. The highest BCUT2D eigenvalue weighted by Crippen LogP contribution is 2.67. The smallest absolute Gasteiger partial charge is 0.238 e. The second-order valence-electron chi connectivity index (χ2n) is 16.9. The number of amides is 2. The second kappa shape index (κ2) is 13.9. The zero-order valence-electron chi connectivity index (χ0n) is 30.4. The molecular formula is C38H61N3O4. The average molecular weight is 624 g/mol. The number of carbonyl (C=O) groups excluding carboxylic acids is 4. The summed E-state index contributed by atoms with van der Waals surface area (Å²) in [5.74, 6) is -0.645. The summed E-state index contributed by atoms with van der Waals surface area (Å²) in [7, 11) is 0. The fourth-order valence-electron chi connectivity index (χ4n) is 8.46. The average Bonchev–Trinajstić information content (AvgIpc) is 2.92. The van der Waals surface area contributed by atoms with Gasteiger partial charge >= 0.3 is 0 Å². The molecule has 2 N–H and O–H groups in total. The molecule has 0 radical (unpaired) electrons. The number of carbonyl (C=O) groups is 4. The van der Waals surface area contributed by atoms with E-state index in [4.69, 9.17) is 0 Å². The van der Waals surface area contributed by atoms with E-state index in [0.717, 1.165) is 56.9 Å². The molecule has 0 heterocycles. The number of hydrogen-bond donors (Lipinski definition) is 2. The van der Waals surface area contributed by atoms with Crippen LogP contribution in [0.15, 0.2) is 23.3 Å². The first-order valence-corrected chi connectivity index (χ1v) is 17.0. The van der Waals surface area contributed by atoms with E-state index in [0.29, 0.717) is 12.8 Å². The summed E-state index contributed by atoms with van der Waals surface area (Å²) in [5, 5.41) is 9.95. The highest BCUT2D eigenvalue weighted by molar-refractivity contribution is 6.04. The number of fused-ring (bicyclic) bond motifs is 1. The molecular weight excluding hydrogens is 562 g/mol. The third-order valence-electron chi connectivity index (χ3n) is 12.0. The van der Waals surface area contributed by atoms with Gasteiger partial charge in [0.15, 0.2) is 11.6 Å². The van der Waals surface area contributed by atoms with Gasteiger partial charge in [-0.3, -0.25) is 30.0 Å². The summed E-state index contributed by atoms with van der Waals surface area (Å²) in [5.41, 5.74) is 4.33. The van der Waals surface area contributed by atoms with Gasteiger partial charge in [-0.15, -0.1) is 0 Å². The topological polar surface area (TPSA) is 116 Å². The number of hydrogen-bond acceptors (Lipinski definition) is 5. The van der Waals surface area contributed by atoms with Gasteiger partial charge in [-0.1, -0.05) is 87.3 Å². The van der Waals surface area contributed by atoms with Gasteiger partial charge in [-0.05, 0) is 91.9 Å². The van der Waals surface area contributed by atoms with Crippen molar-refractivity contribution < 1.29 is 19.2 Å². The Kier molecular flexibility index (Phi) is 11.9. The van der Waals surface area contributed by atoms with Gasteiger partial charge in [0, 0.05) is 24.2 Å². The van der Waals surface area contributed by atoms with E-state index in [1.807, 2.05) is 19.9 Å². The Balaban J connectivity index is 2.48. The van der Waals surface area contributed by atoms with Gasteiger partial charge in [0.25, 0.3) is 0 Å². The number of rotatable bonds is 13. The maximum atomic E-state index is 13.3. The summed E-state index contributed by atoms with van der Waals surface area (Å²) in [6, 6.07) is 2.17. The van der Waals surface area contributed by atoms with E-state index in [1.54, 1.807) is 13.0 Å². The van der Waals surface area contributed by atoms with Gasteiger partial charge in [-0.25, -0.2) is 0 Å². The summed E-state index contributed by atoms with van der Waals surface area (Å²) in [6.07, 6.45) is 12.5. The van der Waals surface area contributed by atoms with Crippen LogP contribution in [0, 0.1) is 49.7 Å². The Labute approximate surface area is 273 Å². The Bertz CT molecular complexity index is 1270. The van der Waals surface area contributed by atoms with Crippen molar-refractivity contribution in [3.63, 3.8) is 0 Å². The molecule has 1 fully saturated rings. The predicted octanol–water partition coefficient (Wildman–Crippen LogP) is 8.35. The van der Waals surface area contributed by atoms with Crippen LogP contribution >= 0.6 is 0 Å². The Hall–Kier alpha value is -2.75. The van der Waals surface area contributed by atoms with Crippen LogP contribution in [-0.2, 0) is 19.2 Å². The lowest BCUT2D eigenvalue weighted by Gasteiger charge is -2.61. The molecule has 0 aromatic rings. The summed E-state index contributed by atoms with van der Waals surface area (Å²) < 4.78 is 0. The predicted molar refractivity (Wildman–Crippen MR) is 180 cm³/mol. The fourth-order valence-corrected chi connectivity index (χ4v) is 8.46. The van der Waals surface area contributed by atoms with Crippen molar-refractivity contribution in [3.8, 4) is 6.07 Å². The minimum atomic E-state index is -0.711. The zero-order valence-corrected chi connectivity index (χ0v) is 30.4. The van der Waals surface area contributed by atoms with Crippen molar-refractivity contribution in [2.75, 3.05) is 0 Å². The molecule has 1 saturated carbocycles. The number of nitriles is 1. The standard InChI is InChI=1S/C38H61N3O4/c1-13-16-33(4,5)19-21-36(10,17-15-31(44)41-40-27(3)43)22-20-34(6,7)38(12)18-14-29-35(8,9)32(45)28(25-39)24-37(29,11)30(38)23-26(2)42/h23-24,29H,13-22H2,1-12H3,(H,40,43)(H,41,44)/b30-23-/t29-,36-,37-,38+/m0/s1. The van der Waals surface area contributed by atoms with Crippen LogP contribution in [0.5, 0.6) is 0 Å². The summed E-state index contributed by atoms with van der Waals surface area (Å²) >= 11 is 0. The van der Waals surface area contributed by atoms with Crippen molar-refractivity contribution in [2.45, 2.75) is 147 Å². The quantitative estimate of drug-likeness (QED) is 0.158. The molecule has 2 rings (SSSR count). The first-order chi connectivity index (χ1) is 20.5. The summed E-state index contributed by atoms with van der Waals surface area (Å²) in [6.45, 7) is 25.0. The van der Waals surface area contributed by atoms with Gasteiger partial charge < -0.3 is 0 Å². The number of hydrazine groups is 1. The monoisotopic (exact) mass is 623 g/mol. The number of Topliss-reactive ketones (excluding diaryl/α,β-unsaturated/α-hetero) is 1. The van der Waals surface area contributed by atoms with E-state index < -0.39 is 10.8 Å². The number of nitrogens with one attached hydrogen (secondary N) is 2. The molecule has 0 aromatic carbocycles. The number of nitrogens with zero attached hydrogens (tertiary/aromatic N) is 1. The molecule has 0 unspecified atom stereocenters. The van der Waals surface area contributed by atoms with Crippen molar-refractivity contribution >= 4 is 23.4 Å². The van der Waals surface area contributed by atoms with Crippen LogP contribution in [0.1, 0.15) is 147 Å². The van der Waals surface area contributed by atoms with E-state index in [1.165, 1.54) is 6.92 Å². The van der Waals surface area contributed by atoms with Crippen molar-refractivity contribution in [2.24, 2.45) is 38.4 Å². The minimum absolute atomic E-state index is 0.0164. The first kappa shape index (κ1) is 38.4. The molecule has 2 amide bonds. The highest BCUT2D eigenvalue weighted by Gasteiger charge is 2.61.